The van der Waals surface area contributed by atoms with Crippen molar-refractivity contribution < 1.29 is 13.9 Å². The van der Waals surface area contributed by atoms with Gasteiger partial charge >= 0.3 is 0 Å². The number of ether oxygens (including phenoxy) is 1. The Labute approximate surface area is 96.3 Å². The zero-order valence-corrected chi connectivity index (χ0v) is 9.99. The number of carbonyl (C=O) groups is 1. The highest BCUT2D eigenvalue weighted by Crippen LogP contribution is 2.19. The van der Waals surface area contributed by atoms with Crippen LogP contribution in [0.3, 0.4) is 0 Å². The van der Waals surface area contributed by atoms with E-state index in [1.807, 2.05) is 0 Å². The van der Waals surface area contributed by atoms with Gasteiger partial charge in [0.25, 0.3) is 5.91 Å². The first-order valence-corrected chi connectivity index (χ1v) is 5.57. The van der Waals surface area contributed by atoms with Gasteiger partial charge in [-0.15, -0.1) is 0 Å². The van der Waals surface area contributed by atoms with Crippen LogP contribution < -0.4 is 0 Å². The summed E-state index contributed by atoms with van der Waals surface area (Å²) in [5, 5.41) is 0. The van der Waals surface area contributed by atoms with Gasteiger partial charge in [0.05, 0.1) is 6.10 Å². The maximum Gasteiger partial charge on any atom is 0.289 e. The molecule has 82 valence electrons. The van der Waals surface area contributed by atoms with E-state index < -0.39 is 0 Å². The molecular weight excluding hydrogens is 262 g/mol. The average molecular weight is 274 g/mol. The van der Waals surface area contributed by atoms with Crippen molar-refractivity contribution in [3.8, 4) is 0 Å². The summed E-state index contributed by atoms with van der Waals surface area (Å²) < 4.78 is 11.0. The van der Waals surface area contributed by atoms with Crippen molar-refractivity contribution in [1.82, 2.24) is 4.90 Å². The maximum absolute atomic E-state index is 11.9. The molecule has 4 nitrogen and oxygen atoms in total. The molecule has 0 N–H and O–H groups in total. The summed E-state index contributed by atoms with van der Waals surface area (Å²) in [6.07, 6.45) is 1.05. The van der Waals surface area contributed by atoms with Crippen molar-refractivity contribution in [3.63, 3.8) is 0 Å². The van der Waals surface area contributed by atoms with Crippen molar-refractivity contribution in [2.75, 3.05) is 20.2 Å². The number of furan rings is 1. The highest BCUT2D eigenvalue weighted by atomic mass is 79.9. The average Bonchev–Trinajstić information content (AvgIpc) is 2.84. The van der Waals surface area contributed by atoms with E-state index in [-0.39, 0.29) is 12.0 Å². The lowest BCUT2D eigenvalue weighted by molar-refractivity contribution is 0.0694. The predicted octanol–water partition coefficient (Wildman–Crippen LogP) is 1.90. The number of halogens is 1. The van der Waals surface area contributed by atoms with Gasteiger partial charge in [-0.25, -0.2) is 0 Å². The van der Waals surface area contributed by atoms with Crippen molar-refractivity contribution >= 4 is 21.8 Å². The molecule has 0 aliphatic carbocycles. The molecule has 1 atom stereocenters. The second-order valence-corrected chi connectivity index (χ2v) is 4.28. The van der Waals surface area contributed by atoms with E-state index in [9.17, 15) is 4.79 Å². The molecule has 1 fully saturated rings. The third-order valence-corrected chi connectivity index (χ3v) is 2.98. The monoisotopic (exact) mass is 273 g/mol. The van der Waals surface area contributed by atoms with Crippen LogP contribution in [0.5, 0.6) is 0 Å². The zero-order valence-electron chi connectivity index (χ0n) is 8.40. The van der Waals surface area contributed by atoms with Crippen LogP contribution in [0.15, 0.2) is 21.2 Å². The van der Waals surface area contributed by atoms with Crippen molar-refractivity contribution in [2.24, 2.45) is 0 Å². The number of hydrogen-bond donors (Lipinski definition) is 0. The number of likely N-dealkylation sites (tertiary alicyclic amines) is 1. The molecule has 15 heavy (non-hydrogen) atoms. The fourth-order valence-electron chi connectivity index (χ4n) is 1.69. The minimum atomic E-state index is -0.0692. The van der Waals surface area contributed by atoms with Gasteiger partial charge in [-0.1, -0.05) is 0 Å². The molecule has 0 aromatic carbocycles. The zero-order chi connectivity index (χ0) is 10.8. The Morgan fingerprint density at radius 2 is 2.47 bits per heavy atom. The lowest BCUT2D eigenvalue weighted by Crippen LogP contribution is -2.29. The fourth-order valence-corrected chi connectivity index (χ4v) is 2.00. The van der Waals surface area contributed by atoms with E-state index in [1.165, 1.54) is 0 Å². The van der Waals surface area contributed by atoms with Gasteiger partial charge in [0.1, 0.15) is 0 Å². The van der Waals surface area contributed by atoms with Gasteiger partial charge < -0.3 is 14.1 Å². The normalized spacial score (nSPS) is 20.9. The Hall–Kier alpha value is -0.810. The smallest absolute Gasteiger partial charge is 0.289 e. The summed E-state index contributed by atoms with van der Waals surface area (Å²) in [5.41, 5.74) is 0. The summed E-state index contributed by atoms with van der Waals surface area (Å²) in [6, 6.07) is 3.39. The Bertz CT molecular complexity index is 363. The van der Waals surface area contributed by atoms with E-state index in [4.69, 9.17) is 9.15 Å². The lowest BCUT2D eigenvalue weighted by Gasteiger charge is -2.14. The van der Waals surface area contributed by atoms with Crippen LogP contribution in [0.25, 0.3) is 0 Å². The SMILES string of the molecule is CO[C@H]1CCN(C(=O)c2ccc(Br)o2)C1. The highest BCUT2D eigenvalue weighted by Gasteiger charge is 2.28. The van der Waals surface area contributed by atoms with Gasteiger partial charge in [0.2, 0.25) is 0 Å². The molecule has 2 heterocycles. The summed E-state index contributed by atoms with van der Waals surface area (Å²) in [5.74, 6) is 0.305. The largest absolute Gasteiger partial charge is 0.444 e. The number of nitrogens with zero attached hydrogens (tertiary/aromatic N) is 1. The molecule has 0 unspecified atom stereocenters. The molecule has 0 radical (unpaired) electrons. The number of rotatable bonds is 2. The highest BCUT2D eigenvalue weighted by molar-refractivity contribution is 9.10. The summed E-state index contributed by atoms with van der Waals surface area (Å²) in [4.78, 5) is 13.6. The molecule has 1 aromatic heterocycles. The second kappa shape index (κ2) is 4.37. The fraction of sp³-hybridized carbons (Fsp3) is 0.500. The van der Waals surface area contributed by atoms with Crippen LogP contribution in [0.4, 0.5) is 0 Å². The van der Waals surface area contributed by atoms with Crippen LogP contribution in [0.2, 0.25) is 0 Å². The second-order valence-electron chi connectivity index (χ2n) is 3.50. The molecule has 1 aromatic rings. The lowest BCUT2D eigenvalue weighted by atomic mass is 10.3. The number of amides is 1. The summed E-state index contributed by atoms with van der Waals surface area (Å²) in [6.45, 7) is 1.38. The van der Waals surface area contributed by atoms with Crippen LogP contribution >= 0.6 is 15.9 Å². The summed E-state index contributed by atoms with van der Waals surface area (Å²) in [7, 11) is 1.67. The molecule has 1 saturated heterocycles. The molecule has 5 heteroatoms. The minimum Gasteiger partial charge on any atom is -0.444 e. The molecule has 0 saturated carbocycles. The molecule has 1 aliphatic rings. The van der Waals surface area contributed by atoms with E-state index in [1.54, 1.807) is 24.1 Å². The third-order valence-electron chi connectivity index (χ3n) is 2.55. The quantitative estimate of drug-likeness (QED) is 0.827. The summed E-state index contributed by atoms with van der Waals surface area (Å²) >= 11 is 3.17. The van der Waals surface area contributed by atoms with E-state index in [0.29, 0.717) is 17.0 Å². The van der Waals surface area contributed by atoms with Gasteiger partial charge in [0.15, 0.2) is 10.4 Å². The van der Waals surface area contributed by atoms with Gasteiger partial charge in [-0.2, -0.15) is 0 Å². The Balaban J connectivity index is 2.03. The minimum absolute atomic E-state index is 0.0692. The van der Waals surface area contributed by atoms with Gasteiger partial charge in [-0.05, 0) is 34.5 Å². The Morgan fingerprint density at radius 3 is 3.00 bits per heavy atom. The van der Waals surface area contributed by atoms with E-state index >= 15 is 0 Å². The van der Waals surface area contributed by atoms with E-state index in [2.05, 4.69) is 15.9 Å². The standard InChI is InChI=1S/C10H12BrNO3/c1-14-7-4-5-12(6-7)10(13)8-2-3-9(11)15-8/h2-3,7H,4-6H2,1H3/t7-/m0/s1. The van der Waals surface area contributed by atoms with Crippen LogP contribution in [0, 0.1) is 0 Å². The molecular formula is C10H12BrNO3. The molecule has 2 rings (SSSR count). The number of methoxy groups -OCH3 is 1. The molecule has 0 spiro atoms. The third kappa shape index (κ3) is 2.23. The van der Waals surface area contributed by atoms with Crippen LogP contribution in [-0.2, 0) is 4.74 Å². The van der Waals surface area contributed by atoms with E-state index in [0.717, 1.165) is 13.0 Å². The molecule has 1 amide bonds. The number of carbonyl (C=O) groups excluding carboxylic acids is 1. The first kappa shape index (κ1) is 10.7. The van der Waals surface area contributed by atoms with Crippen LogP contribution in [0.1, 0.15) is 17.0 Å². The van der Waals surface area contributed by atoms with Gasteiger partial charge in [0, 0.05) is 20.2 Å². The number of hydrogen-bond acceptors (Lipinski definition) is 3. The maximum atomic E-state index is 11.9. The topological polar surface area (TPSA) is 42.7 Å². The van der Waals surface area contributed by atoms with Crippen molar-refractivity contribution in [2.45, 2.75) is 12.5 Å². The Kier molecular flexibility index (Phi) is 3.11. The van der Waals surface area contributed by atoms with Crippen molar-refractivity contribution in [1.29, 1.82) is 0 Å². The van der Waals surface area contributed by atoms with Crippen LogP contribution in [-0.4, -0.2) is 37.1 Å². The van der Waals surface area contributed by atoms with Gasteiger partial charge in [-0.3, -0.25) is 4.79 Å². The molecule has 1 aliphatic heterocycles. The first-order chi connectivity index (χ1) is 7.20. The Morgan fingerprint density at radius 1 is 1.67 bits per heavy atom. The van der Waals surface area contributed by atoms with Crippen molar-refractivity contribution in [3.05, 3.63) is 22.6 Å². The predicted molar refractivity (Wildman–Crippen MR) is 57.7 cm³/mol. The first-order valence-electron chi connectivity index (χ1n) is 4.78. The molecule has 0 bridgehead atoms.